The molecule has 1 saturated heterocycles. The van der Waals surface area contributed by atoms with Gasteiger partial charge in [-0.3, -0.25) is 0 Å². The van der Waals surface area contributed by atoms with Gasteiger partial charge in [-0.25, -0.2) is 13.2 Å². The summed E-state index contributed by atoms with van der Waals surface area (Å²) >= 11 is 0. The second kappa shape index (κ2) is 8.74. The second-order valence-corrected chi connectivity index (χ2v) is 8.91. The SMILES string of the molecule is C[C@@H]1CN(S(=O)(=O)c2ccc(C(=O)Oc3ccc(CC#N)cc3)cc2)C[C@@H](C)O1. The van der Waals surface area contributed by atoms with Crippen LogP contribution >= 0.6 is 0 Å². The topological polar surface area (TPSA) is 96.7 Å². The number of sulfonamides is 1. The lowest BCUT2D eigenvalue weighted by Crippen LogP contribution is -2.48. The van der Waals surface area contributed by atoms with Crippen molar-refractivity contribution in [3.05, 3.63) is 59.7 Å². The van der Waals surface area contributed by atoms with Gasteiger partial charge in [-0.1, -0.05) is 12.1 Å². The van der Waals surface area contributed by atoms with Gasteiger partial charge in [-0.05, 0) is 55.8 Å². The fourth-order valence-corrected chi connectivity index (χ4v) is 4.76. The molecule has 0 amide bonds. The summed E-state index contributed by atoms with van der Waals surface area (Å²) in [6, 6.07) is 14.4. The van der Waals surface area contributed by atoms with Crippen LogP contribution in [0.4, 0.5) is 0 Å². The summed E-state index contributed by atoms with van der Waals surface area (Å²) in [6.45, 7) is 4.25. The molecule has 2 atom stereocenters. The van der Waals surface area contributed by atoms with E-state index in [0.29, 0.717) is 5.75 Å². The van der Waals surface area contributed by atoms with E-state index in [2.05, 4.69) is 0 Å². The third kappa shape index (κ3) is 5.01. The standard InChI is InChI=1S/C21H22N2O5S/c1-15-13-23(14-16(2)27-15)29(25,26)20-9-5-18(6-10-20)21(24)28-19-7-3-17(4-8-19)11-12-22/h3-10,15-16H,11,13-14H2,1-2H3/t15-,16-/m1/s1. The van der Waals surface area contributed by atoms with Gasteiger partial charge in [0.1, 0.15) is 5.75 Å². The number of esters is 1. The predicted octanol–water partition coefficient (Wildman–Crippen LogP) is 2.77. The molecule has 0 saturated carbocycles. The van der Waals surface area contributed by atoms with Crippen LogP contribution in [0.2, 0.25) is 0 Å². The number of morpholine rings is 1. The van der Waals surface area contributed by atoms with Crippen LogP contribution in [0.3, 0.4) is 0 Å². The van der Waals surface area contributed by atoms with E-state index in [0.717, 1.165) is 5.56 Å². The first-order valence-corrected chi connectivity index (χ1v) is 10.7. The zero-order chi connectivity index (χ0) is 21.0. The maximum atomic E-state index is 12.9. The number of nitriles is 1. The third-order valence-electron chi connectivity index (χ3n) is 4.53. The maximum Gasteiger partial charge on any atom is 0.343 e. The van der Waals surface area contributed by atoms with Gasteiger partial charge < -0.3 is 9.47 Å². The van der Waals surface area contributed by atoms with Crippen LogP contribution in [0.5, 0.6) is 5.75 Å². The van der Waals surface area contributed by atoms with Gasteiger partial charge in [-0.2, -0.15) is 9.57 Å². The van der Waals surface area contributed by atoms with Gasteiger partial charge in [0.25, 0.3) is 0 Å². The van der Waals surface area contributed by atoms with Crippen molar-refractivity contribution in [3.63, 3.8) is 0 Å². The largest absolute Gasteiger partial charge is 0.423 e. The molecule has 29 heavy (non-hydrogen) atoms. The lowest BCUT2D eigenvalue weighted by Gasteiger charge is -2.34. The molecule has 0 spiro atoms. The highest BCUT2D eigenvalue weighted by Crippen LogP contribution is 2.22. The number of hydrogen-bond acceptors (Lipinski definition) is 6. The van der Waals surface area contributed by atoms with Gasteiger partial charge in [0.15, 0.2) is 0 Å². The Hall–Kier alpha value is -2.73. The van der Waals surface area contributed by atoms with E-state index in [1.165, 1.54) is 28.6 Å². The summed E-state index contributed by atoms with van der Waals surface area (Å²) < 4.78 is 38.0. The quantitative estimate of drug-likeness (QED) is 0.551. The molecule has 8 heteroatoms. The van der Waals surface area contributed by atoms with Crippen LogP contribution in [0.25, 0.3) is 0 Å². The van der Waals surface area contributed by atoms with Crippen molar-refractivity contribution in [2.75, 3.05) is 13.1 Å². The van der Waals surface area contributed by atoms with Crippen molar-refractivity contribution >= 4 is 16.0 Å². The highest BCUT2D eigenvalue weighted by molar-refractivity contribution is 7.89. The molecule has 2 aromatic carbocycles. The van der Waals surface area contributed by atoms with E-state index in [9.17, 15) is 13.2 Å². The van der Waals surface area contributed by atoms with Crippen molar-refractivity contribution in [1.82, 2.24) is 4.31 Å². The third-order valence-corrected chi connectivity index (χ3v) is 6.38. The molecule has 1 heterocycles. The normalized spacial score (nSPS) is 20.0. The van der Waals surface area contributed by atoms with E-state index >= 15 is 0 Å². The van der Waals surface area contributed by atoms with Crippen molar-refractivity contribution in [2.45, 2.75) is 37.4 Å². The minimum absolute atomic E-state index is 0.121. The van der Waals surface area contributed by atoms with Crippen LogP contribution in [0.1, 0.15) is 29.8 Å². The molecule has 1 aliphatic heterocycles. The van der Waals surface area contributed by atoms with E-state index in [-0.39, 0.29) is 42.2 Å². The Balaban J connectivity index is 1.70. The van der Waals surface area contributed by atoms with Crippen LogP contribution < -0.4 is 4.74 Å². The Bertz CT molecular complexity index is 1000. The van der Waals surface area contributed by atoms with Crippen LogP contribution in [0, 0.1) is 11.3 Å². The lowest BCUT2D eigenvalue weighted by molar-refractivity contribution is -0.0440. The molecule has 7 nitrogen and oxygen atoms in total. The fraction of sp³-hybridized carbons (Fsp3) is 0.333. The van der Waals surface area contributed by atoms with Gasteiger partial charge in [0.05, 0.1) is 35.2 Å². The number of nitrogens with zero attached hydrogens (tertiary/aromatic N) is 2. The molecule has 0 radical (unpaired) electrons. The zero-order valence-electron chi connectivity index (χ0n) is 16.2. The molecule has 0 unspecified atom stereocenters. The Labute approximate surface area is 170 Å². The number of ether oxygens (including phenoxy) is 2. The summed E-state index contributed by atoms with van der Waals surface area (Å²) in [5.41, 5.74) is 1.07. The van der Waals surface area contributed by atoms with Crippen LogP contribution in [0.15, 0.2) is 53.4 Å². The lowest BCUT2D eigenvalue weighted by atomic mass is 10.1. The minimum Gasteiger partial charge on any atom is -0.423 e. The molecule has 0 bridgehead atoms. The molecule has 1 aliphatic rings. The molecule has 3 rings (SSSR count). The first-order valence-electron chi connectivity index (χ1n) is 9.23. The minimum atomic E-state index is -3.66. The number of benzene rings is 2. The monoisotopic (exact) mass is 414 g/mol. The van der Waals surface area contributed by atoms with Crippen molar-refractivity contribution < 1.29 is 22.7 Å². The van der Waals surface area contributed by atoms with E-state index < -0.39 is 16.0 Å². The molecular formula is C21H22N2O5S. The summed E-state index contributed by atoms with van der Waals surface area (Å²) in [7, 11) is -3.66. The van der Waals surface area contributed by atoms with Gasteiger partial charge in [0.2, 0.25) is 10.0 Å². The van der Waals surface area contributed by atoms with E-state index in [1.807, 2.05) is 19.9 Å². The number of rotatable bonds is 5. The first-order chi connectivity index (χ1) is 13.8. The van der Waals surface area contributed by atoms with Gasteiger partial charge >= 0.3 is 5.97 Å². The average molecular weight is 414 g/mol. The van der Waals surface area contributed by atoms with Gasteiger partial charge in [-0.15, -0.1) is 0 Å². The van der Waals surface area contributed by atoms with E-state index in [4.69, 9.17) is 14.7 Å². The second-order valence-electron chi connectivity index (χ2n) is 6.97. The number of hydrogen-bond donors (Lipinski definition) is 0. The highest BCUT2D eigenvalue weighted by atomic mass is 32.2. The molecule has 0 aromatic heterocycles. The Morgan fingerprint density at radius 1 is 1.10 bits per heavy atom. The van der Waals surface area contributed by atoms with Crippen LogP contribution in [-0.2, 0) is 21.2 Å². The molecule has 0 N–H and O–H groups in total. The smallest absolute Gasteiger partial charge is 0.343 e. The van der Waals surface area contributed by atoms with E-state index in [1.54, 1.807) is 24.3 Å². The van der Waals surface area contributed by atoms with Crippen molar-refractivity contribution in [2.24, 2.45) is 0 Å². The highest BCUT2D eigenvalue weighted by Gasteiger charge is 2.32. The summed E-state index contributed by atoms with van der Waals surface area (Å²) in [4.78, 5) is 12.4. The van der Waals surface area contributed by atoms with Crippen molar-refractivity contribution in [3.8, 4) is 11.8 Å². The van der Waals surface area contributed by atoms with Gasteiger partial charge in [0, 0.05) is 13.1 Å². The maximum absolute atomic E-state index is 12.9. The number of carbonyl (C=O) groups excluding carboxylic acids is 1. The Morgan fingerprint density at radius 3 is 2.24 bits per heavy atom. The Morgan fingerprint density at radius 2 is 1.69 bits per heavy atom. The first kappa shape index (κ1) is 21.0. The molecule has 1 fully saturated rings. The van der Waals surface area contributed by atoms with Crippen molar-refractivity contribution in [1.29, 1.82) is 5.26 Å². The molecule has 2 aromatic rings. The molecule has 0 aliphatic carbocycles. The summed E-state index contributed by atoms with van der Waals surface area (Å²) in [5, 5.41) is 8.68. The zero-order valence-corrected chi connectivity index (χ0v) is 17.1. The predicted molar refractivity (Wildman–Crippen MR) is 106 cm³/mol. The van der Waals surface area contributed by atoms with Crippen LogP contribution in [-0.4, -0.2) is 44.0 Å². The average Bonchev–Trinajstić information content (AvgIpc) is 2.69. The number of carbonyl (C=O) groups is 1. The molecular weight excluding hydrogens is 392 g/mol. The summed E-state index contributed by atoms with van der Waals surface area (Å²) in [5.74, 6) is -0.236. The summed E-state index contributed by atoms with van der Waals surface area (Å²) in [6.07, 6.45) is -0.0742. The molecule has 152 valence electrons. The Kier molecular flexibility index (Phi) is 6.33. The fourth-order valence-electron chi connectivity index (χ4n) is 3.17.